The van der Waals surface area contributed by atoms with E-state index in [0.717, 1.165) is 37.1 Å². The lowest BCUT2D eigenvalue weighted by atomic mass is 10.1. The molecule has 74 valence electrons. The van der Waals surface area contributed by atoms with Crippen LogP contribution in [0.1, 0.15) is 37.1 Å². The van der Waals surface area contributed by atoms with E-state index in [2.05, 4.69) is 4.98 Å². The molecule has 0 aromatic carbocycles. The Morgan fingerprint density at radius 2 is 1.36 bits per heavy atom. The van der Waals surface area contributed by atoms with E-state index in [-0.39, 0.29) is 11.1 Å². The van der Waals surface area contributed by atoms with Gasteiger partial charge < -0.3 is 11.5 Å². The van der Waals surface area contributed by atoms with Crippen molar-refractivity contribution < 1.29 is 0 Å². The minimum Gasteiger partial charge on any atom is -0.320 e. The molecule has 1 heterocycles. The summed E-state index contributed by atoms with van der Waals surface area (Å²) in [6, 6.07) is 6.06. The number of pyridine rings is 1. The van der Waals surface area contributed by atoms with Gasteiger partial charge in [-0.2, -0.15) is 0 Å². The molecule has 0 bridgehead atoms. The van der Waals surface area contributed by atoms with Gasteiger partial charge in [-0.3, -0.25) is 4.98 Å². The van der Waals surface area contributed by atoms with E-state index in [1.807, 2.05) is 18.2 Å². The van der Waals surface area contributed by atoms with Gasteiger partial charge in [0, 0.05) is 0 Å². The third-order valence-electron chi connectivity index (χ3n) is 3.35. The molecule has 2 saturated carbocycles. The van der Waals surface area contributed by atoms with Gasteiger partial charge in [0.05, 0.1) is 22.5 Å². The summed E-state index contributed by atoms with van der Waals surface area (Å²) in [6.07, 6.45) is 4.23. The Morgan fingerprint density at radius 1 is 0.929 bits per heavy atom. The molecule has 3 rings (SSSR count). The number of nitrogens with zero attached hydrogens (tertiary/aromatic N) is 1. The number of hydrogen-bond acceptors (Lipinski definition) is 3. The Labute approximate surface area is 83.5 Å². The van der Waals surface area contributed by atoms with Gasteiger partial charge in [-0.05, 0) is 37.8 Å². The lowest BCUT2D eigenvalue weighted by Gasteiger charge is -2.13. The highest BCUT2D eigenvalue weighted by Crippen LogP contribution is 2.45. The Bertz CT molecular complexity index is 345. The summed E-state index contributed by atoms with van der Waals surface area (Å²) < 4.78 is 0. The average Bonchev–Trinajstić information content (AvgIpc) is 3.08. The zero-order valence-electron chi connectivity index (χ0n) is 8.16. The van der Waals surface area contributed by atoms with Crippen LogP contribution < -0.4 is 11.5 Å². The van der Waals surface area contributed by atoms with Crippen molar-refractivity contribution in [2.24, 2.45) is 11.5 Å². The third kappa shape index (κ3) is 1.16. The first-order valence-corrected chi connectivity index (χ1v) is 5.18. The molecule has 3 nitrogen and oxygen atoms in total. The second-order valence-corrected chi connectivity index (χ2v) is 4.72. The predicted octanol–water partition coefficient (Wildman–Crippen LogP) is 0.977. The van der Waals surface area contributed by atoms with Crippen molar-refractivity contribution >= 4 is 0 Å². The first kappa shape index (κ1) is 8.38. The van der Waals surface area contributed by atoms with Gasteiger partial charge in [0.2, 0.25) is 0 Å². The van der Waals surface area contributed by atoms with Crippen LogP contribution in [0, 0.1) is 0 Å². The van der Waals surface area contributed by atoms with Crippen LogP contribution in [0.5, 0.6) is 0 Å². The maximum Gasteiger partial charge on any atom is 0.0606 e. The fourth-order valence-electron chi connectivity index (χ4n) is 1.77. The summed E-state index contributed by atoms with van der Waals surface area (Å²) in [4.78, 5) is 4.59. The molecule has 2 aliphatic rings. The Balaban J connectivity index is 1.99. The highest BCUT2D eigenvalue weighted by atomic mass is 14.9. The van der Waals surface area contributed by atoms with Crippen molar-refractivity contribution in [3.05, 3.63) is 29.6 Å². The molecule has 0 aliphatic heterocycles. The monoisotopic (exact) mass is 189 g/mol. The van der Waals surface area contributed by atoms with Crippen molar-refractivity contribution in [1.29, 1.82) is 0 Å². The minimum atomic E-state index is -0.138. The first-order valence-electron chi connectivity index (χ1n) is 5.18. The lowest BCUT2D eigenvalue weighted by molar-refractivity contribution is 0.658. The van der Waals surface area contributed by atoms with E-state index in [1.165, 1.54) is 0 Å². The Morgan fingerprint density at radius 3 is 1.71 bits per heavy atom. The van der Waals surface area contributed by atoms with E-state index >= 15 is 0 Å². The molecule has 3 heteroatoms. The smallest absolute Gasteiger partial charge is 0.0606 e. The molecule has 14 heavy (non-hydrogen) atoms. The van der Waals surface area contributed by atoms with E-state index in [1.54, 1.807) is 0 Å². The molecular formula is C11H15N3. The lowest BCUT2D eigenvalue weighted by Crippen LogP contribution is -2.25. The molecule has 0 spiro atoms. The van der Waals surface area contributed by atoms with Crippen LogP contribution in [0.2, 0.25) is 0 Å². The Hall–Kier alpha value is -0.930. The van der Waals surface area contributed by atoms with Crippen molar-refractivity contribution in [1.82, 2.24) is 4.98 Å². The van der Waals surface area contributed by atoms with Gasteiger partial charge in [0.25, 0.3) is 0 Å². The molecule has 1 aromatic heterocycles. The van der Waals surface area contributed by atoms with Crippen LogP contribution in [0.3, 0.4) is 0 Å². The molecule has 0 saturated heterocycles. The van der Waals surface area contributed by atoms with E-state index in [4.69, 9.17) is 11.5 Å². The molecule has 0 radical (unpaired) electrons. The van der Waals surface area contributed by atoms with Crippen molar-refractivity contribution in [2.75, 3.05) is 0 Å². The SMILES string of the molecule is NC1(c2cccc(C3(N)CC3)n2)CC1. The van der Waals surface area contributed by atoms with Crippen molar-refractivity contribution in [2.45, 2.75) is 36.8 Å². The van der Waals surface area contributed by atoms with Crippen molar-refractivity contribution in [3.8, 4) is 0 Å². The van der Waals surface area contributed by atoms with Crippen LogP contribution in [-0.4, -0.2) is 4.98 Å². The molecule has 0 unspecified atom stereocenters. The number of aromatic nitrogens is 1. The van der Waals surface area contributed by atoms with Gasteiger partial charge >= 0.3 is 0 Å². The van der Waals surface area contributed by atoms with Gasteiger partial charge in [0.15, 0.2) is 0 Å². The molecule has 4 N–H and O–H groups in total. The fourth-order valence-corrected chi connectivity index (χ4v) is 1.77. The maximum atomic E-state index is 6.10. The second kappa shape index (κ2) is 2.35. The second-order valence-electron chi connectivity index (χ2n) is 4.72. The summed E-state index contributed by atoms with van der Waals surface area (Å²) in [7, 11) is 0. The molecule has 2 aliphatic carbocycles. The zero-order valence-corrected chi connectivity index (χ0v) is 8.16. The topological polar surface area (TPSA) is 64.9 Å². The maximum absolute atomic E-state index is 6.10. The summed E-state index contributed by atoms with van der Waals surface area (Å²) in [5.74, 6) is 0. The van der Waals surface area contributed by atoms with Crippen molar-refractivity contribution in [3.63, 3.8) is 0 Å². The summed E-state index contributed by atoms with van der Waals surface area (Å²) in [5.41, 5.74) is 14.0. The highest BCUT2D eigenvalue weighted by Gasteiger charge is 2.45. The van der Waals surface area contributed by atoms with E-state index in [0.29, 0.717) is 0 Å². The zero-order chi connectivity index (χ0) is 9.81. The van der Waals surface area contributed by atoms with E-state index in [9.17, 15) is 0 Å². The average molecular weight is 189 g/mol. The molecule has 2 fully saturated rings. The van der Waals surface area contributed by atoms with Gasteiger partial charge in [-0.1, -0.05) is 6.07 Å². The number of nitrogens with two attached hydrogens (primary N) is 2. The summed E-state index contributed by atoms with van der Waals surface area (Å²) in [5, 5.41) is 0. The quantitative estimate of drug-likeness (QED) is 0.728. The van der Waals surface area contributed by atoms with Crippen LogP contribution in [0.15, 0.2) is 18.2 Å². The highest BCUT2D eigenvalue weighted by molar-refractivity contribution is 5.29. The molecule has 1 aromatic rings. The summed E-state index contributed by atoms with van der Waals surface area (Å²) in [6.45, 7) is 0. The number of rotatable bonds is 2. The van der Waals surface area contributed by atoms with E-state index < -0.39 is 0 Å². The van der Waals surface area contributed by atoms with Crippen LogP contribution in [-0.2, 0) is 11.1 Å². The van der Waals surface area contributed by atoms with Crippen LogP contribution >= 0.6 is 0 Å². The first-order chi connectivity index (χ1) is 6.62. The standard InChI is InChI=1S/C11H15N3/c12-10(4-5-10)8-2-1-3-9(14-8)11(13)6-7-11/h1-3H,4-7,12-13H2. The number of hydrogen-bond donors (Lipinski definition) is 2. The largest absolute Gasteiger partial charge is 0.320 e. The fraction of sp³-hybridized carbons (Fsp3) is 0.545. The summed E-state index contributed by atoms with van der Waals surface area (Å²) >= 11 is 0. The minimum absolute atomic E-state index is 0.138. The van der Waals surface area contributed by atoms with Crippen LogP contribution in [0.25, 0.3) is 0 Å². The Kier molecular flexibility index (Phi) is 1.41. The van der Waals surface area contributed by atoms with Gasteiger partial charge in [0.1, 0.15) is 0 Å². The predicted molar refractivity (Wildman–Crippen MR) is 54.4 cm³/mol. The van der Waals surface area contributed by atoms with Crippen LogP contribution in [0.4, 0.5) is 0 Å². The normalized spacial score (nSPS) is 25.9. The third-order valence-corrected chi connectivity index (χ3v) is 3.35. The van der Waals surface area contributed by atoms with Gasteiger partial charge in [-0.25, -0.2) is 0 Å². The van der Waals surface area contributed by atoms with Gasteiger partial charge in [-0.15, -0.1) is 0 Å². The molecule has 0 atom stereocenters. The molecular weight excluding hydrogens is 174 g/mol. The molecule has 0 amide bonds.